The molecule has 0 bridgehead atoms. The summed E-state index contributed by atoms with van der Waals surface area (Å²) in [6.07, 6.45) is 5.35. The van der Waals surface area contributed by atoms with Crippen LogP contribution in [0.2, 0.25) is 0 Å². The van der Waals surface area contributed by atoms with Crippen LogP contribution in [0.1, 0.15) is 17.3 Å². The molecule has 0 spiro atoms. The molecule has 5 heteroatoms. The average molecular weight is 258 g/mol. The molecule has 1 unspecified atom stereocenters. The smallest absolute Gasteiger partial charge is 0.253 e. The highest BCUT2D eigenvalue weighted by atomic mass is 16.1. The normalized spacial score (nSPS) is 11.9. The van der Waals surface area contributed by atoms with E-state index >= 15 is 0 Å². The van der Waals surface area contributed by atoms with Gasteiger partial charge in [-0.25, -0.2) is 4.98 Å². The zero-order valence-electron chi connectivity index (χ0n) is 11.1. The molecular formula is C14H18N4O. The number of amides is 1. The zero-order chi connectivity index (χ0) is 13.7. The van der Waals surface area contributed by atoms with Crippen molar-refractivity contribution in [2.45, 2.75) is 19.5 Å². The summed E-state index contributed by atoms with van der Waals surface area (Å²) in [6.45, 7) is 2.67. The van der Waals surface area contributed by atoms with Crippen molar-refractivity contribution in [1.82, 2.24) is 14.9 Å². The zero-order valence-corrected chi connectivity index (χ0v) is 11.1. The van der Waals surface area contributed by atoms with Gasteiger partial charge in [-0.05, 0) is 19.1 Å². The van der Waals surface area contributed by atoms with Crippen LogP contribution in [0.25, 0.3) is 0 Å². The van der Waals surface area contributed by atoms with Gasteiger partial charge in [-0.15, -0.1) is 0 Å². The number of hydrogen-bond donors (Lipinski definition) is 2. The summed E-state index contributed by atoms with van der Waals surface area (Å²) in [6, 6.07) is 7.49. The van der Waals surface area contributed by atoms with E-state index in [4.69, 9.17) is 0 Å². The van der Waals surface area contributed by atoms with Crippen molar-refractivity contribution >= 4 is 11.6 Å². The summed E-state index contributed by atoms with van der Waals surface area (Å²) in [5, 5.41) is 6.00. The molecule has 1 atom stereocenters. The van der Waals surface area contributed by atoms with Crippen molar-refractivity contribution in [1.29, 1.82) is 0 Å². The first-order chi connectivity index (χ1) is 9.20. The van der Waals surface area contributed by atoms with Crippen LogP contribution < -0.4 is 10.6 Å². The van der Waals surface area contributed by atoms with E-state index in [-0.39, 0.29) is 11.9 Å². The molecule has 0 radical (unpaired) electrons. The van der Waals surface area contributed by atoms with Gasteiger partial charge in [0, 0.05) is 37.7 Å². The first-order valence-corrected chi connectivity index (χ1v) is 6.24. The van der Waals surface area contributed by atoms with Crippen LogP contribution in [-0.2, 0) is 6.54 Å². The minimum Gasteiger partial charge on any atom is -0.387 e. The Balaban J connectivity index is 2.00. The van der Waals surface area contributed by atoms with Crippen LogP contribution in [0.5, 0.6) is 0 Å². The molecule has 100 valence electrons. The van der Waals surface area contributed by atoms with Crippen molar-refractivity contribution in [2.75, 3.05) is 12.4 Å². The lowest BCUT2D eigenvalue weighted by Crippen LogP contribution is -2.35. The van der Waals surface area contributed by atoms with Crippen LogP contribution in [0, 0.1) is 0 Å². The SMILES string of the molecule is CNc1ccccc1C(=O)NC(C)Cn1ccnc1. The van der Waals surface area contributed by atoms with Gasteiger partial charge in [-0.2, -0.15) is 0 Å². The van der Waals surface area contributed by atoms with Gasteiger partial charge >= 0.3 is 0 Å². The Labute approximate surface area is 112 Å². The number of imidazole rings is 1. The maximum atomic E-state index is 12.2. The Hall–Kier alpha value is -2.30. The van der Waals surface area contributed by atoms with Gasteiger partial charge in [0.25, 0.3) is 5.91 Å². The highest BCUT2D eigenvalue weighted by Gasteiger charge is 2.12. The number of aromatic nitrogens is 2. The number of carbonyl (C=O) groups excluding carboxylic acids is 1. The van der Waals surface area contributed by atoms with Gasteiger partial charge < -0.3 is 15.2 Å². The molecular weight excluding hydrogens is 240 g/mol. The van der Waals surface area contributed by atoms with Gasteiger partial charge in [0.2, 0.25) is 0 Å². The highest BCUT2D eigenvalue weighted by Crippen LogP contribution is 2.14. The second-order valence-corrected chi connectivity index (χ2v) is 4.43. The van der Waals surface area contributed by atoms with Crippen molar-refractivity contribution < 1.29 is 4.79 Å². The predicted molar refractivity (Wildman–Crippen MR) is 75.1 cm³/mol. The topological polar surface area (TPSA) is 59.0 Å². The van der Waals surface area contributed by atoms with Crippen LogP contribution in [-0.4, -0.2) is 28.5 Å². The molecule has 5 nitrogen and oxygen atoms in total. The molecule has 1 heterocycles. The summed E-state index contributed by atoms with van der Waals surface area (Å²) < 4.78 is 1.94. The van der Waals surface area contributed by atoms with Crippen molar-refractivity contribution in [3.05, 3.63) is 48.5 Å². The summed E-state index contributed by atoms with van der Waals surface area (Å²) in [7, 11) is 1.81. The first-order valence-electron chi connectivity index (χ1n) is 6.24. The third kappa shape index (κ3) is 3.34. The standard InChI is InChI=1S/C14H18N4O/c1-11(9-18-8-7-16-10-18)17-14(19)12-5-3-4-6-13(12)15-2/h3-8,10-11,15H,9H2,1-2H3,(H,17,19). The fourth-order valence-corrected chi connectivity index (χ4v) is 1.96. The predicted octanol–water partition coefficient (Wildman–Crippen LogP) is 1.74. The van der Waals surface area contributed by atoms with Crippen LogP contribution in [0.3, 0.4) is 0 Å². The molecule has 0 saturated heterocycles. The van der Waals surface area contributed by atoms with Crippen molar-refractivity contribution in [3.63, 3.8) is 0 Å². The Morgan fingerprint density at radius 1 is 1.42 bits per heavy atom. The summed E-state index contributed by atoms with van der Waals surface area (Å²) >= 11 is 0. The Morgan fingerprint density at radius 2 is 2.21 bits per heavy atom. The second-order valence-electron chi connectivity index (χ2n) is 4.43. The molecule has 1 aromatic heterocycles. The van der Waals surface area contributed by atoms with Crippen LogP contribution in [0.15, 0.2) is 43.0 Å². The monoisotopic (exact) mass is 258 g/mol. The third-order valence-electron chi connectivity index (χ3n) is 2.86. The lowest BCUT2D eigenvalue weighted by atomic mass is 10.1. The summed E-state index contributed by atoms with van der Waals surface area (Å²) in [5.41, 5.74) is 1.48. The Bertz CT molecular complexity index is 536. The summed E-state index contributed by atoms with van der Waals surface area (Å²) in [4.78, 5) is 16.2. The van der Waals surface area contributed by atoms with Gasteiger partial charge in [0.05, 0.1) is 11.9 Å². The molecule has 0 aliphatic carbocycles. The molecule has 2 aromatic rings. The van der Waals surface area contributed by atoms with Gasteiger partial charge in [0.1, 0.15) is 0 Å². The number of nitrogens with one attached hydrogen (secondary N) is 2. The van der Waals surface area contributed by atoms with E-state index in [1.165, 1.54) is 0 Å². The molecule has 2 N–H and O–H groups in total. The lowest BCUT2D eigenvalue weighted by molar-refractivity contribution is 0.0937. The largest absolute Gasteiger partial charge is 0.387 e. The molecule has 0 saturated carbocycles. The van der Waals surface area contributed by atoms with E-state index < -0.39 is 0 Å². The maximum absolute atomic E-state index is 12.2. The van der Waals surface area contributed by atoms with Gasteiger partial charge in [-0.3, -0.25) is 4.79 Å². The van der Waals surface area contributed by atoms with E-state index in [2.05, 4.69) is 15.6 Å². The van der Waals surface area contributed by atoms with E-state index in [1.807, 2.05) is 42.0 Å². The Morgan fingerprint density at radius 3 is 2.89 bits per heavy atom. The molecule has 0 aliphatic rings. The number of nitrogens with zero attached hydrogens (tertiary/aromatic N) is 2. The van der Waals surface area contributed by atoms with E-state index in [9.17, 15) is 4.79 Å². The van der Waals surface area contributed by atoms with Gasteiger partial charge in [-0.1, -0.05) is 12.1 Å². The summed E-state index contributed by atoms with van der Waals surface area (Å²) in [5.74, 6) is -0.0717. The van der Waals surface area contributed by atoms with Crippen molar-refractivity contribution in [3.8, 4) is 0 Å². The molecule has 0 aliphatic heterocycles. The minimum atomic E-state index is -0.0717. The third-order valence-corrected chi connectivity index (χ3v) is 2.86. The first kappa shape index (κ1) is 13.1. The van der Waals surface area contributed by atoms with Crippen molar-refractivity contribution in [2.24, 2.45) is 0 Å². The second kappa shape index (κ2) is 6.04. The maximum Gasteiger partial charge on any atom is 0.253 e. The lowest BCUT2D eigenvalue weighted by Gasteiger charge is -2.16. The number of anilines is 1. The Kier molecular flexibility index (Phi) is 4.18. The fraction of sp³-hybridized carbons (Fsp3) is 0.286. The number of benzene rings is 1. The molecule has 2 rings (SSSR count). The molecule has 0 fully saturated rings. The quantitative estimate of drug-likeness (QED) is 0.859. The van der Waals surface area contributed by atoms with E-state index in [1.54, 1.807) is 19.6 Å². The highest BCUT2D eigenvalue weighted by molar-refractivity contribution is 5.99. The fourth-order valence-electron chi connectivity index (χ4n) is 1.96. The molecule has 1 amide bonds. The molecule has 1 aromatic carbocycles. The number of carbonyl (C=O) groups is 1. The number of para-hydroxylation sites is 1. The van der Waals surface area contributed by atoms with Crippen LogP contribution >= 0.6 is 0 Å². The van der Waals surface area contributed by atoms with Gasteiger partial charge in [0.15, 0.2) is 0 Å². The van der Waals surface area contributed by atoms with Crippen LogP contribution in [0.4, 0.5) is 5.69 Å². The van der Waals surface area contributed by atoms with E-state index in [0.717, 1.165) is 5.69 Å². The number of hydrogen-bond acceptors (Lipinski definition) is 3. The number of rotatable bonds is 5. The minimum absolute atomic E-state index is 0.0339. The average Bonchev–Trinajstić information content (AvgIpc) is 2.91. The molecule has 19 heavy (non-hydrogen) atoms. The van der Waals surface area contributed by atoms with E-state index in [0.29, 0.717) is 12.1 Å².